The number of anilines is 1. The molecule has 2 atom stereocenters. The molecular weight excluding hydrogens is 380 g/mol. The number of nitrogens with one attached hydrogen (secondary N) is 1. The molecule has 2 fully saturated rings. The summed E-state index contributed by atoms with van der Waals surface area (Å²) in [6.07, 6.45) is 4.91. The van der Waals surface area contributed by atoms with E-state index in [4.69, 9.17) is 10.00 Å². The fourth-order valence-electron chi connectivity index (χ4n) is 4.15. The van der Waals surface area contributed by atoms with Gasteiger partial charge in [0.25, 0.3) is 11.6 Å². The van der Waals surface area contributed by atoms with Crippen LogP contribution in [0.15, 0.2) is 18.2 Å². The molecule has 8 heteroatoms. The molecule has 0 radical (unpaired) electrons. The zero-order valence-corrected chi connectivity index (χ0v) is 16.6. The molecule has 6 nitrogen and oxygen atoms in total. The summed E-state index contributed by atoms with van der Waals surface area (Å²) in [5.41, 5.74) is -0.526. The molecule has 0 heterocycles. The maximum atomic E-state index is 14.6. The van der Waals surface area contributed by atoms with E-state index in [0.717, 1.165) is 6.42 Å². The summed E-state index contributed by atoms with van der Waals surface area (Å²) in [4.78, 5) is 10.6. The van der Waals surface area contributed by atoms with Crippen LogP contribution >= 0.6 is 0 Å². The van der Waals surface area contributed by atoms with Crippen LogP contribution < -0.4 is 5.32 Å². The first-order valence-electron chi connectivity index (χ1n) is 10.2. The Balaban J connectivity index is 1.64. The van der Waals surface area contributed by atoms with Crippen molar-refractivity contribution in [2.45, 2.75) is 63.4 Å². The maximum absolute atomic E-state index is 14.6. The number of nitro groups is 1. The molecular formula is C21H27F2N3O3. The van der Waals surface area contributed by atoms with Crippen molar-refractivity contribution < 1.29 is 18.4 Å². The van der Waals surface area contributed by atoms with Crippen LogP contribution in [-0.4, -0.2) is 29.6 Å². The van der Waals surface area contributed by atoms with Crippen molar-refractivity contribution in [2.75, 3.05) is 18.5 Å². The lowest BCUT2D eigenvalue weighted by Crippen LogP contribution is -2.47. The van der Waals surface area contributed by atoms with Crippen LogP contribution in [0, 0.1) is 33.3 Å². The molecule has 3 rings (SSSR count). The molecule has 0 spiro atoms. The van der Waals surface area contributed by atoms with E-state index in [2.05, 4.69) is 5.32 Å². The third-order valence-electron chi connectivity index (χ3n) is 6.33. The lowest BCUT2D eigenvalue weighted by molar-refractivity contribution is -0.384. The van der Waals surface area contributed by atoms with Gasteiger partial charge < -0.3 is 10.1 Å². The fourth-order valence-corrected chi connectivity index (χ4v) is 4.15. The van der Waals surface area contributed by atoms with Crippen molar-refractivity contribution in [1.82, 2.24) is 0 Å². The Morgan fingerprint density at radius 1 is 1.38 bits per heavy atom. The highest BCUT2D eigenvalue weighted by molar-refractivity contribution is 5.64. The van der Waals surface area contributed by atoms with E-state index < -0.39 is 22.4 Å². The summed E-state index contributed by atoms with van der Waals surface area (Å²) in [7, 11) is 0. The largest absolute Gasteiger partial charge is 0.379 e. The quantitative estimate of drug-likeness (QED) is 0.468. The predicted molar refractivity (Wildman–Crippen MR) is 105 cm³/mol. The fraction of sp³-hybridized carbons (Fsp3) is 0.667. The highest BCUT2D eigenvalue weighted by Crippen LogP contribution is 2.45. The van der Waals surface area contributed by atoms with E-state index in [1.165, 1.54) is 37.5 Å². The van der Waals surface area contributed by atoms with E-state index in [1.807, 2.05) is 13.0 Å². The minimum atomic E-state index is -2.87. The molecule has 1 aromatic carbocycles. The van der Waals surface area contributed by atoms with Gasteiger partial charge in [0.05, 0.1) is 22.2 Å². The number of halogens is 2. The number of benzene rings is 1. The molecule has 29 heavy (non-hydrogen) atoms. The molecule has 0 bridgehead atoms. The molecule has 0 aliphatic heterocycles. The summed E-state index contributed by atoms with van der Waals surface area (Å²) in [5.74, 6) is -3.17. The van der Waals surface area contributed by atoms with Crippen molar-refractivity contribution in [1.29, 1.82) is 5.26 Å². The number of hydrogen-bond donors (Lipinski definition) is 1. The topological polar surface area (TPSA) is 88.2 Å². The smallest absolute Gasteiger partial charge is 0.292 e. The highest BCUT2D eigenvalue weighted by atomic mass is 19.3. The number of nitro benzene ring substituents is 1. The average Bonchev–Trinajstić information content (AvgIpc) is 2.64. The monoisotopic (exact) mass is 407 g/mol. The van der Waals surface area contributed by atoms with Gasteiger partial charge in [0.2, 0.25) is 0 Å². The molecule has 1 N–H and O–H groups in total. The maximum Gasteiger partial charge on any atom is 0.292 e. The number of nitrogens with zero attached hydrogens (tertiary/aromatic N) is 2. The summed E-state index contributed by atoms with van der Waals surface area (Å²) in [6.45, 7) is 2.35. The van der Waals surface area contributed by atoms with Gasteiger partial charge >= 0.3 is 0 Å². The van der Waals surface area contributed by atoms with Crippen LogP contribution in [-0.2, 0) is 4.74 Å². The number of alkyl halides is 2. The van der Waals surface area contributed by atoms with Gasteiger partial charge in [0, 0.05) is 31.6 Å². The lowest BCUT2D eigenvalue weighted by Gasteiger charge is -2.43. The second-order valence-electron chi connectivity index (χ2n) is 8.53. The van der Waals surface area contributed by atoms with E-state index in [1.54, 1.807) is 0 Å². The zero-order valence-electron chi connectivity index (χ0n) is 16.6. The molecule has 2 aliphatic rings. The van der Waals surface area contributed by atoms with Crippen molar-refractivity contribution in [2.24, 2.45) is 11.8 Å². The minimum absolute atomic E-state index is 0.0861. The summed E-state index contributed by atoms with van der Waals surface area (Å²) < 4.78 is 35.1. The van der Waals surface area contributed by atoms with Crippen LogP contribution in [0.25, 0.3) is 0 Å². The first-order chi connectivity index (χ1) is 13.7. The van der Waals surface area contributed by atoms with Gasteiger partial charge in [-0.1, -0.05) is 19.3 Å². The minimum Gasteiger partial charge on any atom is -0.379 e. The lowest BCUT2D eigenvalue weighted by atomic mass is 9.76. The third kappa shape index (κ3) is 5.21. The van der Waals surface area contributed by atoms with Crippen molar-refractivity contribution >= 4 is 11.4 Å². The van der Waals surface area contributed by atoms with Gasteiger partial charge in [-0.2, -0.15) is 5.26 Å². The van der Waals surface area contributed by atoms with Gasteiger partial charge in [-0.05, 0) is 44.2 Å². The normalized spacial score (nSPS) is 26.3. The molecule has 0 saturated heterocycles. The van der Waals surface area contributed by atoms with Gasteiger partial charge in [0.1, 0.15) is 5.69 Å². The van der Waals surface area contributed by atoms with Gasteiger partial charge in [-0.15, -0.1) is 0 Å². The standard InChI is InChI=1S/C21H27F2N3O3/c1-20(29-10-7-15-3-2-4-15)8-9-21(22,23)17(12-20)14-25-18-11-16(13-24)5-6-19(18)26(27)28/h5-6,11,15,17,25H,2-4,7-10,12,14H2,1H3. The Morgan fingerprint density at radius 3 is 2.76 bits per heavy atom. The number of ether oxygens (including phenoxy) is 1. The van der Waals surface area contributed by atoms with Crippen LogP contribution in [0.2, 0.25) is 0 Å². The molecule has 1 aromatic rings. The number of nitriles is 1. The molecule has 0 amide bonds. The first-order valence-corrected chi connectivity index (χ1v) is 10.2. The number of rotatable bonds is 8. The van der Waals surface area contributed by atoms with Gasteiger partial charge in [0.15, 0.2) is 0 Å². The van der Waals surface area contributed by atoms with Crippen molar-refractivity contribution in [3.63, 3.8) is 0 Å². The molecule has 2 unspecified atom stereocenters. The SMILES string of the molecule is CC1(OCCC2CCC2)CCC(F)(F)C(CNc2cc(C#N)ccc2[N+](=O)[O-])C1. The summed E-state index contributed by atoms with van der Waals surface area (Å²) >= 11 is 0. The second-order valence-corrected chi connectivity index (χ2v) is 8.53. The van der Waals surface area contributed by atoms with E-state index in [0.29, 0.717) is 18.9 Å². The summed E-state index contributed by atoms with van der Waals surface area (Å²) in [5, 5.41) is 23.0. The van der Waals surface area contributed by atoms with E-state index in [9.17, 15) is 18.9 Å². The Hall–Kier alpha value is -2.27. The number of hydrogen-bond acceptors (Lipinski definition) is 5. The molecule has 158 valence electrons. The van der Waals surface area contributed by atoms with Crippen LogP contribution in [0.4, 0.5) is 20.2 Å². The third-order valence-corrected chi connectivity index (χ3v) is 6.33. The predicted octanol–water partition coefficient (Wildman–Crippen LogP) is 5.28. The first kappa shape index (κ1) is 21.4. The Kier molecular flexibility index (Phi) is 6.37. The zero-order chi connectivity index (χ0) is 21.1. The Labute approximate surface area is 169 Å². The van der Waals surface area contributed by atoms with Crippen LogP contribution in [0.1, 0.15) is 57.4 Å². The van der Waals surface area contributed by atoms with Crippen LogP contribution in [0.3, 0.4) is 0 Å². The molecule has 2 saturated carbocycles. The van der Waals surface area contributed by atoms with E-state index >= 15 is 0 Å². The van der Waals surface area contributed by atoms with Gasteiger partial charge in [-0.25, -0.2) is 8.78 Å². The second kappa shape index (κ2) is 8.62. The van der Waals surface area contributed by atoms with Gasteiger partial charge in [-0.3, -0.25) is 10.1 Å². The van der Waals surface area contributed by atoms with Crippen LogP contribution in [0.5, 0.6) is 0 Å². The van der Waals surface area contributed by atoms with Crippen molar-refractivity contribution in [3.8, 4) is 6.07 Å². The van der Waals surface area contributed by atoms with E-state index in [-0.39, 0.29) is 36.3 Å². The Morgan fingerprint density at radius 2 is 2.14 bits per heavy atom. The summed E-state index contributed by atoms with van der Waals surface area (Å²) in [6, 6.07) is 5.79. The Bertz CT molecular complexity index is 792. The molecule has 2 aliphatic carbocycles. The highest BCUT2D eigenvalue weighted by Gasteiger charge is 2.49. The van der Waals surface area contributed by atoms with Crippen molar-refractivity contribution in [3.05, 3.63) is 33.9 Å². The molecule has 0 aromatic heterocycles. The average molecular weight is 407 g/mol.